The summed E-state index contributed by atoms with van der Waals surface area (Å²) in [6.07, 6.45) is 5.74. The molecule has 39 nitrogen and oxygen atoms in total. The van der Waals surface area contributed by atoms with Gasteiger partial charge in [0.25, 0.3) is 0 Å². The monoisotopic (exact) mass is 2020 g/mol. The van der Waals surface area contributed by atoms with Crippen molar-refractivity contribution in [2.24, 2.45) is 0 Å². The van der Waals surface area contributed by atoms with Gasteiger partial charge in [0.2, 0.25) is 0 Å². The highest BCUT2D eigenvalue weighted by atomic mass is 16.5. The first-order valence-electron chi connectivity index (χ1n) is 48.4. The number of benzene rings is 3. The zero-order chi connectivity index (χ0) is 99.4. The molecule has 4 aliphatic rings. The van der Waals surface area contributed by atoms with Gasteiger partial charge in [-0.3, -0.25) is 4.90 Å². The summed E-state index contributed by atoms with van der Waals surface area (Å²) >= 11 is 0. The Hall–Kier alpha value is -4.38. The fraction of sp³-hybridized carbons (Fsp3) is 0.820. The van der Waals surface area contributed by atoms with Crippen molar-refractivity contribution in [1.29, 1.82) is 0 Å². The van der Waals surface area contributed by atoms with E-state index in [0.717, 1.165) is 181 Å². The van der Waals surface area contributed by atoms with Gasteiger partial charge in [-0.25, -0.2) is 0 Å². The van der Waals surface area contributed by atoms with Crippen LogP contribution in [0.1, 0.15) is 120 Å². The van der Waals surface area contributed by atoms with Crippen LogP contribution >= 0.6 is 0 Å². The minimum absolute atomic E-state index is 0. The van der Waals surface area contributed by atoms with Gasteiger partial charge in [-0.1, -0.05) is 74.5 Å². The molecule has 139 heavy (non-hydrogen) atoms. The molecule has 4 aliphatic heterocycles. The summed E-state index contributed by atoms with van der Waals surface area (Å²) in [5.41, 5.74) is 1.24. The molecule has 39 heteroatoms. The third-order valence-corrected chi connectivity index (χ3v) is 22.3. The van der Waals surface area contributed by atoms with Crippen LogP contribution in [-0.4, -0.2) is 574 Å². The molecule has 0 saturated carbocycles. The first-order valence-corrected chi connectivity index (χ1v) is 48.4. The fourth-order valence-electron chi connectivity index (χ4n) is 16.0. The number of para-hydroxylation sites is 3. The maximum Gasteiger partial charge on any atom is 0.161 e. The molecule has 0 aromatic heterocycles. The number of aliphatic hydroxyl groups is 11. The molecule has 0 radical (unpaired) electrons. The molecule has 0 amide bonds. The Morgan fingerprint density at radius 1 is 0.353 bits per heavy atom. The van der Waals surface area contributed by atoms with Crippen LogP contribution in [0.25, 0.3) is 0 Å². The Morgan fingerprint density at radius 2 is 0.655 bits per heavy atom. The maximum absolute atomic E-state index is 10.2. The standard InChI is InChI=1S/C16H26NO3.C14H22NO2.C13H30NO2.C12H27N2O2.C12H20NO2.C11H24NO3.C9H22NO2.C7H18NO2.C6H16NO2.9H2O/c1-17(10-6-3-7-11-17)12-14(18)13-20-16-9-5-4-8-15(16)19-2;1-15(9-5-6-10-15)11-13(16)12-17-14-7-3-2-4-8-14;1-6-8-14(5,9-7-2)10-13(15)11-16-12(3)4;1-11(2)16-10-12(15)9-14(4)7-5-13(3)6-8-14;1-13(2,9-12(15)10-14)8-11-6-4-3-5-7-11;1-10(2)15-9-11(13)8-12(3)4-6-14-7-5-12;1-8(2)12-7-9(11)6-10(3,4)5;1-8(2,3)5-7(9)6-10-4;1-7(2,3)4-6(9)5-8;;;;;;;;;/h4-5,8-9,14,18H,3,6-7,10-13H2,1-2H3;2-4,7-8,13,16H,5-6,9-12H2,1H3;12-13,15H,6-11H2,1-5H3;11-12,15H,5-10H2,1-4H3;3-7,12,14-15H,8-10H2,1-2H3;10-11,13H,4-9H2,1-3H3;8-9,11H,6-7H2,1-5H3;7,9H,5-6H2,1-4H3;6,8-9H,4-5H2,1-3H3;9*1H2/q9*+1;;;;;;;;;/p-9. The molecular formula is C100H214N10O29. The van der Waals surface area contributed by atoms with Crippen LogP contribution in [0.2, 0.25) is 0 Å². The van der Waals surface area contributed by atoms with Crippen LogP contribution in [0, 0.1) is 0 Å². The zero-order valence-electron chi connectivity index (χ0n) is 92.0. The first kappa shape index (κ1) is 157. The van der Waals surface area contributed by atoms with Gasteiger partial charge in [-0.05, 0) is 119 Å². The molecule has 3 aromatic rings. The lowest BCUT2D eigenvalue weighted by atomic mass is 10.1. The Labute approximate surface area is 841 Å². The Kier molecular flexibility index (Phi) is 95.8. The summed E-state index contributed by atoms with van der Waals surface area (Å²) in [7, 11) is 38.7. The molecule has 9 unspecified atom stereocenters. The van der Waals surface area contributed by atoms with E-state index in [9.17, 15) is 40.9 Å². The van der Waals surface area contributed by atoms with Crippen molar-refractivity contribution in [3.8, 4) is 17.2 Å². The second-order valence-corrected chi connectivity index (χ2v) is 42.9. The normalized spacial score (nSPS) is 17.0. The third-order valence-electron chi connectivity index (χ3n) is 22.3. The molecule has 0 bridgehead atoms. The predicted octanol–water partition coefficient (Wildman–Crippen LogP) is 4.43. The van der Waals surface area contributed by atoms with E-state index in [0.29, 0.717) is 79.8 Å². The molecule has 9 atom stereocenters. The molecule has 3 aromatic carbocycles. The molecule has 0 spiro atoms. The molecule has 4 fully saturated rings. The van der Waals surface area contributed by atoms with Gasteiger partial charge in [0, 0.05) is 38.6 Å². The van der Waals surface area contributed by atoms with E-state index in [1.165, 1.54) is 50.8 Å². The Morgan fingerprint density at radius 3 is 1.00 bits per heavy atom. The quantitative estimate of drug-likeness (QED) is 0.0348. The average Bonchev–Trinajstić information content (AvgIpc) is 1.29. The summed E-state index contributed by atoms with van der Waals surface area (Å²) in [6, 6.07) is 27.4. The summed E-state index contributed by atoms with van der Waals surface area (Å²) in [6.45, 7) is 45.3. The Bertz CT molecular complexity index is 3130. The second kappa shape index (κ2) is 84.7. The topological polar surface area (TPSA) is 579 Å². The fourth-order valence-corrected chi connectivity index (χ4v) is 16.0. The van der Waals surface area contributed by atoms with E-state index in [1.807, 2.05) is 185 Å². The van der Waals surface area contributed by atoms with Crippen molar-refractivity contribution in [2.45, 2.75) is 200 Å². The minimum Gasteiger partial charge on any atom is -0.870 e. The van der Waals surface area contributed by atoms with E-state index in [4.69, 9.17) is 58.0 Å². The molecular weight excluding hydrogens is 1810 g/mol. The molecule has 0 aliphatic carbocycles. The number of hydrogen-bond acceptors (Lipinski definition) is 30. The van der Waals surface area contributed by atoms with E-state index in [-0.39, 0.29) is 124 Å². The van der Waals surface area contributed by atoms with Crippen LogP contribution in [0.5, 0.6) is 17.2 Å². The van der Waals surface area contributed by atoms with Crippen LogP contribution in [0.15, 0.2) is 84.9 Å². The molecule has 838 valence electrons. The van der Waals surface area contributed by atoms with Crippen LogP contribution in [0.3, 0.4) is 0 Å². The number of rotatable bonds is 47. The lowest BCUT2D eigenvalue weighted by molar-refractivity contribution is -0.919. The number of piperazine rings is 1. The highest BCUT2D eigenvalue weighted by molar-refractivity contribution is 5.39. The Balaban J connectivity index is -0.000000147. The summed E-state index contributed by atoms with van der Waals surface area (Å²) in [4.78, 5) is 2.34. The van der Waals surface area contributed by atoms with Crippen LogP contribution in [0.4, 0.5) is 0 Å². The number of methoxy groups -OCH3 is 2. The largest absolute Gasteiger partial charge is 0.870 e. The number of hydrogen-bond donors (Lipinski definition) is 11. The molecule has 20 N–H and O–H groups in total. The number of piperidine rings is 1. The highest BCUT2D eigenvalue weighted by Gasteiger charge is 2.34. The molecule has 4 saturated heterocycles. The van der Waals surface area contributed by atoms with Gasteiger partial charge in [0.15, 0.2) is 11.5 Å². The lowest BCUT2D eigenvalue weighted by Crippen LogP contribution is -2.59. The average molecular weight is 2020 g/mol. The van der Waals surface area contributed by atoms with E-state index < -0.39 is 18.3 Å². The van der Waals surface area contributed by atoms with E-state index in [1.54, 1.807) is 14.2 Å². The number of ether oxygens (including phenoxy) is 9. The van der Waals surface area contributed by atoms with Crippen LogP contribution < -0.4 is 14.2 Å². The van der Waals surface area contributed by atoms with Crippen molar-refractivity contribution in [1.82, 2.24) is 4.90 Å². The second-order valence-electron chi connectivity index (χ2n) is 42.9. The number of nitrogens with zero attached hydrogens (tertiary/aromatic N) is 10. The van der Waals surface area contributed by atoms with Gasteiger partial charge in [0.1, 0.15) is 152 Å². The maximum atomic E-state index is 10.2. The van der Waals surface area contributed by atoms with Gasteiger partial charge >= 0.3 is 0 Å². The lowest BCUT2D eigenvalue weighted by Gasteiger charge is -2.42. The number of quaternary nitrogens is 9. The van der Waals surface area contributed by atoms with Crippen molar-refractivity contribution in [2.75, 3.05) is 344 Å². The summed E-state index contributed by atoms with van der Waals surface area (Å²) < 4.78 is 55.8. The van der Waals surface area contributed by atoms with Crippen molar-refractivity contribution < 1.29 is 188 Å². The minimum atomic E-state index is -0.635. The number of morpholine rings is 1. The number of likely N-dealkylation sites (tertiary alicyclic amines) is 2. The van der Waals surface area contributed by atoms with E-state index >= 15 is 0 Å². The van der Waals surface area contributed by atoms with Crippen molar-refractivity contribution >= 4 is 0 Å². The molecule has 7 rings (SSSR count). The van der Waals surface area contributed by atoms with Crippen molar-refractivity contribution in [3.05, 3.63) is 90.5 Å². The first-order chi connectivity index (χ1) is 60.4. The summed E-state index contributed by atoms with van der Waals surface area (Å²) in [5.74, 6) is 2.23. The predicted molar refractivity (Wildman–Crippen MR) is 544 cm³/mol. The van der Waals surface area contributed by atoms with Gasteiger partial charge in [-0.2, -0.15) is 0 Å². The van der Waals surface area contributed by atoms with Gasteiger partial charge in [-0.15, -0.1) is 0 Å². The number of likely N-dealkylation sites (N-methyl/N-ethyl adjacent to an activating group) is 10. The third kappa shape index (κ3) is 89.7. The summed E-state index contributed by atoms with van der Waals surface area (Å²) in [5, 5.41) is 104. The van der Waals surface area contributed by atoms with E-state index in [2.05, 4.69) is 94.3 Å². The van der Waals surface area contributed by atoms with Gasteiger partial charge in [0.05, 0.1) is 256 Å². The SMILES string of the molecule is CC(C)OCC(O)C[N+](C)(C)C.CC(C)OCC(O)C[N+]1(C)CCN(C)CC1.CC(C)OCC(O)C[N+]1(C)CCOCC1.CCC[N+](C)(CCC)CC(O)COC(C)C.COCC(O)C[N+](C)(C)C.COc1ccccc1OCC(O)C[N+]1(C)CCCCC1.C[N+](C)(C)CC(O)CO.C[N+](C)(Cc1ccccc1)CC(O)CO.C[N+]1(CC(O)COc2ccccc2)CCCC1.[OH-].[OH-].[OH-].[OH-].[OH-].[OH-].[OH-].[OH-].[OH-]. The zero-order valence-corrected chi connectivity index (χ0v) is 92.0. The van der Waals surface area contributed by atoms with Crippen molar-refractivity contribution in [3.63, 3.8) is 0 Å². The van der Waals surface area contributed by atoms with Gasteiger partial charge < -0.3 is 188 Å². The highest BCUT2D eigenvalue weighted by Crippen LogP contribution is 2.27. The van der Waals surface area contributed by atoms with Crippen LogP contribution in [-0.2, 0) is 35.0 Å². The smallest absolute Gasteiger partial charge is 0.161 e. The number of aliphatic hydroxyl groups excluding tert-OH is 11. The molecule has 4 heterocycles.